The van der Waals surface area contributed by atoms with Crippen molar-refractivity contribution in [2.75, 3.05) is 13.7 Å². The van der Waals surface area contributed by atoms with Gasteiger partial charge in [-0.25, -0.2) is 4.79 Å². The zero-order valence-corrected chi connectivity index (χ0v) is 10.9. The van der Waals surface area contributed by atoms with E-state index in [1.807, 2.05) is 19.9 Å². The van der Waals surface area contributed by atoms with Gasteiger partial charge in [-0.2, -0.15) is 0 Å². The lowest BCUT2D eigenvalue weighted by Crippen LogP contribution is -2.37. The van der Waals surface area contributed by atoms with Gasteiger partial charge in [0.15, 0.2) is 0 Å². The van der Waals surface area contributed by atoms with E-state index in [1.165, 1.54) is 7.11 Å². The lowest BCUT2D eigenvalue weighted by molar-refractivity contribution is -0.841. The van der Waals surface area contributed by atoms with Crippen molar-refractivity contribution in [1.82, 2.24) is 0 Å². The van der Waals surface area contributed by atoms with Gasteiger partial charge in [0.05, 0.1) is 25.4 Å². The van der Waals surface area contributed by atoms with Crippen molar-refractivity contribution < 1.29 is 14.2 Å². The predicted octanol–water partition coefficient (Wildman–Crippen LogP) is 2.68. The third kappa shape index (κ3) is 2.17. The molecule has 18 heavy (non-hydrogen) atoms. The highest BCUT2D eigenvalue weighted by molar-refractivity contribution is 5.90. The molecule has 1 aliphatic heterocycles. The number of ether oxygens (including phenoxy) is 1. The molecule has 0 aliphatic carbocycles. The Kier molecular flexibility index (Phi) is 3.24. The molecule has 0 aromatic heterocycles. The van der Waals surface area contributed by atoms with E-state index in [9.17, 15) is 10.0 Å². The monoisotopic (exact) mass is 247 g/mol. The Morgan fingerprint density at radius 3 is 2.83 bits per heavy atom. The molecule has 4 heteroatoms. The number of nitrogens with zero attached hydrogens (tertiary/aromatic N) is 1. The number of esters is 1. The first-order valence-corrected chi connectivity index (χ1v) is 5.98. The standard InChI is InChI=1S/C14H17NO3/c1-4-15(17)8-10(2)13-7-11(14(16)18-3)5-6-12(13)9-15/h5-8H,4,9H2,1-3H3. The van der Waals surface area contributed by atoms with E-state index in [4.69, 9.17) is 4.74 Å². The molecule has 1 aromatic rings. The number of fused-ring (bicyclic) bond motifs is 1. The van der Waals surface area contributed by atoms with Crippen LogP contribution in [0.2, 0.25) is 0 Å². The summed E-state index contributed by atoms with van der Waals surface area (Å²) in [5.41, 5.74) is 3.39. The summed E-state index contributed by atoms with van der Waals surface area (Å²) < 4.78 is 4.36. The minimum absolute atomic E-state index is 0.337. The summed E-state index contributed by atoms with van der Waals surface area (Å²) in [6.45, 7) is 4.71. The van der Waals surface area contributed by atoms with Gasteiger partial charge >= 0.3 is 5.97 Å². The predicted molar refractivity (Wildman–Crippen MR) is 69.3 cm³/mol. The van der Waals surface area contributed by atoms with Crippen molar-refractivity contribution in [3.05, 3.63) is 46.3 Å². The average molecular weight is 247 g/mol. The second kappa shape index (κ2) is 4.55. The molecule has 0 saturated heterocycles. The van der Waals surface area contributed by atoms with Crippen molar-refractivity contribution in [3.8, 4) is 0 Å². The number of carbonyl (C=O) groups is 1. The maximum atomic E-state index is 12.3. The maximum Gasteiger partial charge on any atom is 0.337 e. The van der Waals surface area contributed by atoms with Gasteiger partial charge in [0.1, 0.15) is 6.54 Å². The Balaban J connectivity index is 2.46. The van der Waals surface area contributed by atoms with Crippen LogP contribution in [0.5, 0.6) is 0 Å². The Bertz CT molecular complexity index is 522. The van der Waals surface area contributed by atoms with Gasteiger partial charge in [0, 0.05) is 11.1 Å². The number of benzene rings is 1. The molecule has 1 aliphatic rings. The molecular formula is C14H17NO3. The molecule has 0 saturated carbocycles. The fourth-order valence-corrected chi connectivity index (χ4v) is 2.29. The van der Waals surface area contributed by atoms with Crippen molar-refractivity contribution >= 4 is 11.5 Å². The van der Waals surface area contributed by atoms with Crippen LogP contribution < -0.4 is 0 Å². The number of hydrogen-bond donors (Lipinski definition) is 0. The Labute approximate surface area is 107 Å². The van der Waals surface area contributed by atoms with E-state index >= 15 is 0 Å². The van der Waals surface area contributed by atoms with E-state index in [0.29, 0.717) is 18.7 Å². The van der Waals surface area contributed by atoms with Gasteiger partial charge in [0.2, 0.25) is 0 Å². The van der Waals surface area contributed by atoms with Gasteiger partial charge in [-0.15, -0.1) is 0 Å². The molecule has 0 spiro atoms. The molecule has 1 atom stereocenters. The zero-order valence-electron chi connectivity index (χ0n) is 10.9. The minimum atomic E-state index is -0.352. The van der Waals surface area contributed by atoms with Gasteiger partial charge in [0.25, 0.3) is 0 Å². The second-order valence-electron chi connectivity index (χ2n) is 4.60. The normalized spacial score (nSPS) is 22.1. The summed E-state index contributed by atoms with van der Waals surface area (Å²) >= 11 is 0. The summed E-state index contributed by atoms with van der Waals surface area (Å²) in [4.78, 5) is 11.5. The highest BCUT2D eigenvalue weighted by Gasteiger charge is 2.23. The fourth-order valence-electron chi connectivity index (χ4n) is 2.29. The molecule has 1 heterocycles. The molecule has 0 radical (unpaired) electrons. The number of methoxy groups -OCH3 is 1. The maximum absolute atomic E-state index is 12.3. The first-order valence-electron chi connectivity index (χ1n) is 5.98. The molecule has 1 aromatic carbocycles. The largest absolute Gasteiger partial charge is 0.628 e. The Morgan fingerprint density at radius 2 is 2.22 bits per heavy atom. The molecule has 2 rings (SSSR count). The Morgan fingerprint density at radius 1 is 1.50 bits per heavy atom. The second-order valence-corrected chi connectivity index (χ2v) is 4.60. The number of hydrogen-bond acceptors (Lipinski definition) is 3. The lowest BCUT2D eigenvalue weighted by Gasteiger charge is -2.41. The van der Waals surface area contributed by atoms with E-state index in [1.54, 1.807) is 18.3 Å². The van der Waals surface area contributed by atoms with Gasteiger partial charge < -0.3 is 14.6 Å². The van der Waals surface area contributed by atoms with E-state index in [2.05, 4.69) is 0 Å². The quantitative estimate of drug-likeness (QED) is 0.458. The molecule has 0 bridgehead atoms. The first-order chi connectivity index (χ1) is 8.49. The Hall–Kier alpha value is -1.65. The van der Waals surface area contributed by atoms with Crippen LogP contribution >= 0.6 is 0 Å². The van der Waals surface area contributed by atoms with Crippen LogP contribution in [0.4, 0.5) is 0 Å². The van der Waals surface area contributed by atoms with E-state index in [-0.39, 0.29) is 10.6 Å². The van der Waals surface area contributed by atoms with Crippen molar-refractivity contribution in [2.24, 2.45) is 0 Å². The van der Waals surface area contributed by atoms with Gasteiger partial charge in [-0.1, -0.05) is 6.07 Å². The topological polar surface area (TPSA) is 49.4 Å². The molecule has 4 nitrogen and oxygen atoms in total. The van der Waals surface area contributed by atoms with Crippen LogP contribution in [0.25, 0.3) is 5.57 Å². The molecule has 0 N–H and O–H groups in total. The summed E-state index contributed by atoms with van der Waals surface area (Å²) in [6, 6.07) is 5.36. The number of allylic oxidation sites excluding steroid dienone is 1. The fraction of sp³-hybridized carbons (Fsp3) is 0.357. The van der Waals surface area contributed by atoms with E-state index < -0.39 is 0 Å². The third-order valence-corrected chi connectivity index (χ3v) is 3.36. The van der Waals surface area contributed by atoms with Crippen LogP contribution in [-0.2, 0) is 11.3 Å². The molecule has 0 amide bonds. The van der Waals surface area contributed by atoms with Crippen LogP contribution in [0.3, 0.4) is 0 Å². The third-order valence-electron chi connectivity index (χ3n) is 3.36. The molecule has 96 valence electrons. The highest BCUT2D eigenvalue weighted by atomic mass is 16.5. The van der Waals surface area contributed by atoms with Crippen LogP contribution in [0.1, 0.15) is 35.3 Å². The number of quaternary nitrogens is 1. The highest BCUT2D eigenvalue weighted by Crippen LogP contribution is 2.31. The number of carbonyl (C=O) groups excluding carboxylic acids is 1. The number of rotatable bonds is 2. The van der Waals surface area contributed by atoms with Gasteiger partial charge in [-0.05, 0) is 31.5 Å². The van der Waals surface area contributed by atoms with Crippen molar-refractivity contribution in [3.63, 3.8) is 0 Å². The zero-order chi connectivity index (χ0) is 13.3. The first kappa shape index (κ1) is 12.8. The summed E-state index contributed by atoms with van der Waals surface area (Å²) in [6.07, 6.45) is 1.71. The smallest absolute Gasteiger partial charge is 0.337 e. The molecular weight excluding hydrogens is 230 g/mol. The molecule has 1 unspecified atom stereocenters. The summed E-state index contributed by atoms with van der Waals surface area (Å²) in [5, 5.41) is 12.3. The van der Waals surface area contributed by atoms with Crippen LogP contribution in [0.15, 0.2) is 24.4 Å². The number of hydroxylamine groups is 3. The lowest BCUT2D eigenvalue weighted by atomic mass is 9.95. The minimum Gasteiger partial charge on any atom is -0.628 e. The van der Waals surface area contributed by atoms with Crippen molar-refractivity contribution in [1.29, 1.82) is 0 Å². The SMILES string of the molecule is CC[N+]1([O-])C=C(C)c2cc(C(=O)OC)ccc2C1. The average Bonchev–Trinajstić information content (AvgIpc) is 2.37. The summed E-state index contributed by atoms with van der Waals surface area (Å²) in [5.74, 6) is -0.352. The summed E-state index contributed by atoms with van der Waals surface area (Å²) in [7, 11) is 1.36. The van der Waals surface area contributed by atoms with Crippen LogP contribution in [-0.4, -0.2) is 24.3 Å². The van der Waals surface area contributed by atoms with E-state index in [0.717, 1.165) is 16.7 Å². The van der Waals surface area contributed by atoms with Crippen LogP contribution in [0, 0.1) is 5.21 Å². The molecule has 0 fully saturated rings. The van der Waals surface area contributed by atoms with Gasteiger partial charge in [-0.3, -0.25) is 0 Å². The van der Waals surface area contributed by atoms with Crippen molar-refractivity contribution in [2.45, 2.75) is 20.4 Å².